The fourth-order valence-electron chi connectivity index (χ4n) is 2.01. The SMILES string of the molecule is Cc1cc(S(=O)(=O)O)cc2nc3ccccc3nc12. The Labute approximate surface area is 109 Å². The molecule has 0 unspecified atom stereocenters. The summed E-state index contributed by atoms with van der Waals surface area (Å²) < 4.78 is 31.5. The monoisotopic (exact) mass is 274 g/mol. The molecule has 1 N–H and O–H groups in total. The molecule has 3 aromatic rings. The largest absolute Gasteiger partial charge is 0.294 e. The van der Waals surface area contributed by atoms with E-state index in [4.69, 9.17) is 4.55 Å². The summed E-state index contributed by atoms with van der Waals surface area (Å²) in [6.07, 6.45) is 0. The first-order valence-electron chi connectivity index (χ1n) is 5.60. The van der Waals surface area contributed by atoms with Crippen molar-refractivity contribution in [3.05, 3.63) is 42.0 Å². The second kappa shape index (κ2) is 3.97. The summed E-state index contributed by atoms with van der Waals surface area (Å²) in [6.45, 7) is 1.74. The molecule has 3 rings (SSSR count). The maximum Gasteiger partial charge on any atom is 0.294 e. The van der Waals surface area contributed by atoms with E-state index in [1.54, 1.807) is 13.0 Å². The maximum absolute atomic E-state index is 11.2. The second-order valence-corrected chi connectivity index (χ2v) is 5.72. The molecule has 0 bridgehead atoms. The Balaban J connectivity index is 2.45. The van der Waals surface area contributed by atoms with Gasteiger partial charge in [0.2, 0.25) is 0 Å². The molecule has 2 aromatic carbocycles. The van der Waals surface area contributed by atoms with Crippen LogP contribution < -0.4 is 0 Å². The van der Waals surface area contributed by atoms with Gasteiger partial charge in [0.25, 0.3) is 10.1 Å². The van der Waals surface area contributed by atoms with Crippen molar-refractivity contribution in [3.8, 4) is 0 Å². The number of rotatable bonds is 1. The van der Waals surface area contributed by atoms with E-state index in [1.165, 1.54) is 12.1 Å². The van der Waals surface area contributed by atoms with Crippen LogP contribution in [0.1, 0.15) is 5.56 Å². The zero-order valence-electron chi connectivity index (χ0n) is 10.0. The van der Waals surface area contributed by atoms with Crippen molar-refractivity contribution < 1.29 is 13.0 Å². The number of hydrogen-bond donors (Lipinski definition) is 1. The van der Waals surface area contributed by atoms with Gasteiger partial charge in [-0.3, -0.25) is 4.55 Å². The number of aromatic nitrogens is 2. The normalized spacial score (nSPS) is 12.1. The Morgan fingerprint density at radius 1 is 1.00 bits per heavy atom. The van der Waals surface area contributed by atoms with Crippen LogP contribution in [0.25, 0.3) is 22.1 Å². The first-order chi connectivity index (χ1) is 8.95. The van der Waals surface area contributed by atoms with Gasteiger partial charge in [0.05, 0.1) is 27.0 Å². The topological polar surface area (TPSA) is 80.2 Å². The highest BCUT2D eigenvalue weighted by molar-refractivity contribution is 7.85. The van der Waals surface area contributed by atoms with Crippen LogP contribution in [0.4, 0.5) is 0 Å². The van der Waals surface area contributed by atoms with E-state index in [0.29, 0.717) is 22.1 Å². The standard InChI is InChI=1S/C13H10N2O3S/c1-8-6-9(19(16,17)18)7-12-13(8)15-11-5-3-2-4-10(11)14-12/h2-7H,1H3,(H,16,17,18). The zero-order chi connectivity index (χ0) is 13.6. The Hall–Kier alpha value is -2.05. The predicted molar refractivity (Wildman–Crippen MR) is 71.6 cm³/mol. The van der Waals surface area contributed by atoms with Crippen molar-refractivity contribution >= 4 is 32.2 Å². The Morgan fingerprint density at radius 3 is 2.26 bits per heavy atom. The van der Waals surface area contributed by atoms with Crippen molar-refractivity contribution in [2.75, 3.05) is 0 Å². The van der Waals surface area contributed by atoms with E-state index < -0.39 is 10.1 Å². The Morgan fingerprint density at radius 2 is 1.63 bits per heavy atom. The zero-order valence-corrected chi connectivity index (χ0v) is 10.8. The van der Waals surface area contributed by atoms with Gasteiger partial charge in [-0.15, -0.1) is 0 Å². The lowest BCUT2D eigenvalue weighted by molar-refractivity contribution is 0.483. The van der Waals surface area contributed by atoms with Crippen molar-refractivity contribution in [1.82, 2.24) is 9.97 Å². The molecule has 19 heavy (non-hydrogen) atoms. The fourth-order valence-corrected chi connectivity index (χ4v) is 2.60. The number of nitrogens with zero attached hydrogens (tertiary/aromatic N) is 2. The molecule has 0 saturated heterocycles. The van der Waals surface area contributed by atoms with Gasteiger partial charge in [-0.2, -0.15) is 8.42 Å². The van der Waals surface area contributed by atoms with E-state index in [2.05, 4.69) is 9.97 Å². The summed E-state index contributed by atoms with van der Waals surface area (Å²) in [7, 11) is -4.24. The minimum Gasteiger partial charge on any atom is -0.282 e. The van der Waals surface area contributed by atoms with Gasteiger partial charge in [-0.05, 0) is 36.8 Å². The molecule has 0 aliphatic heterocycles. The third kappa shape index (κ3) is 2.05. The average Bonchev–Trinajstić information content (AvgIpc) is 2.35. The lowest BCUT2D eigenvalue weighted by Crippen LogP contribution is -2.00. The molecule has 0 aliphatic rings. The van der Waals surface area contributed by atoms with E-state index in [9.17, 15) is 8.42 Å². The van der Waals surface area contributed by atoms with Crippen molar-refractivity contribution in [2.24, 2.45) is 0 Å². The third-order valence-corrected chi connectivity index (χ3v) is 3.74. The molecule has 0 saturated carbocycles. The number of hydrogen-bond acceptors (Lipinski definition) is 4. The number of aryl methyl sites for hydroxylation is 1. The quantitative estimate of drug-likeness (QED) is 0.544. The van der Waals surface area contributed by atoms with E-state index in [0.717, 1.165) is 5.52 Å². The van der Waals surface area contributed by atoms with Crippen LogP contribution in [-0.2, 0) is 10.1 Å². The maximum atomic E-state index is 11.2. The Bertz CT molecular complexity index is 904. The van der Waals surface area contributed by atoms with E-state index in [-0.39, 0.29) is 4.90 Å². The van der Waals surface area contributed by atoms with E-state index in [1.807, 2.05) is 18.2 Å². The van der Waals surface area contributed by atoms with Gasteiger partial charge < -0.3 is 0 Å². The second-order valence-electron chi connectivity index (χ2n) is 4.30. The fraction of sp³-hybridized carbons (Fsp3) is 0.0769. The highest BCUT2D eigenvalue weighted by atomic mass is 32.2. The highest BCUT2D eigenvalue weighted by Gasteiger charge is 2.13. The van der Waals surface area contributed by atoms with Gasteiger partial charge >= 0.3 is 0 Å². The molecule has 6 heteroatoms. The number of para-hydroxylation sites is 2. The van der Waals surface area contributed by atoms with Crippen LogP contribution in [0, 0.1) is 6.92 Å². The molecule has 96 valence electrons. The summed E-state index contributed by atoms with van der Waals surface area (Å²) in [5, 5.41) is 0. The van der Waals surface area contributed by atoms with Crippen molar-refractivity contribution in [3.63, 3.8) is 0 Å². The minimum absolute atomic E-state index is 0.165. The van der Waals surface area contributed by atoms with Gasteiger partial charge in [0.1, 0.15) is 0 Å². The lowest BCUT2D eigenvalue weighted by atomic mass is 10.2. The molecule has 0 amide bonds. The van der Waals surface area contributed by atoms with Crippen LogP contribution >= 0.6 is 0 Å². The average molecular weight is 274 g/mol. The molecule has 0 fully saturated rings. The van der Waals surface area contributed by atoms with Crippen LogP contribution in [0.2, 0.25) is 0 Å². The number of benzene rings is 2. The van der Waals surface area contributed by atoms with Gasteiger partial charge in [-0.25, -0.2) is 9.97 Å². The summed E-state index contributed by atoms with van der Waals surface area (Å²) in [5.74, 6) is 0. The third-order valence-electron chi connectivity index (χ3n) is 2.91. The molecular formula is C13H10N2O3S. The molecule has 0 atom stereocenters. The predicted octanol–water partition coefficient (Wildman–Crippen LogP) is 2.34. The summed E-state index contributed by atoms with van der Waals surface area (Å²) in [4.78, 5) is 8.67. The summed E-state index contributed by atoms with van der Waals surface area (Å²) >= 11 is 0. The molecule has 1 aromatic heterocycles. The van der Waals surface area contributed by atoms with Gasteiger partial charge in [-0.1, -0.05) is 12.1 Å². The van der Waals surface area contributed by atoms with Crippen LogP contribution in [0.15, 0.2) is 41.3 Å². The van der Waals surface area contributed by atoms with Crippen LogP contribution in [0.5, 0.6) is 0 Å². The lowest BCUT2D eigenvalue weighted by Gasteiger charge is -2.05. The van der Waals surface area contributed by atoms with Crippen molar-refractivity contribution in [2.45, 2.75) is 11.8 Å². The van der Waals surface area contributed by atoms with Crippen LogP contribution in [-0.4, -0.2) is 22.9 Å². The highest BCUT2D eigenvalue weighted by Crippen LogP contribution is 2.22. The van der Waals surface area contributed by atoms with Gasteiger partial charge in [0.15, 0.2) is 0 Å². The first-order valence-corrected chi connectivity index (χ1v) is 7.04. The summed E-state index contributed by atoms with van der Waals surface area (Å²) in [6, 6.07) is 10.1. The first kappa shape index (κ1) is 12.0. The molecule has 1 heterocycles. The molecule has 5 nitrogen and oxygen atoms in total. The van der Waals surface area contributed by atoms with Gasteiger partial charge in [0, 0.05) is 0 Å². The molecule has 0 spiro atoms. The van der Waals surface area contributed by atoms with Crippen molar-refractivity contribution in [1.29, 1.82) is 0 Å². The Kier molecular flexibility index (Phi) is 2.51. The smallest absolute Gasteiger partial charge is 0.282 e. The molecule has 0 aliphatic carbocycles. The molecule has 0 radical (unpaired) electrons. The molecular weight excluding hydrogens is 264 g/mol. The minimum atomic E-state index is -4.24. The number of fused-ring (bicyclic) bond motifs is 2. The van der Waals surface area contributed by atoms with E-state index >= 15 is 0 Å². The summed E-state index contributed by atoms with van der Waals surface area (Å²) in [5.41, 5.74) is 3.17. The van der Waals surface area contributed by atoms with Crippen LogP contribution in [0.3, 0.4) is 0 Å².